The van der Waals surface area contributed by atoms with Crippen molar-refractivity contribution in [1.82, 2.24) is 10.3 Å². The van der Waals surface area contributed by atoms with E-state index in [1.807, 2.05) is 30.3 Å². The van der Waals surface area contributed by atoms with Crippen molar-refractivity contribution in [2.45, 2.75) is 18.7 Å². The highest BCUT2D eigenvalue weighted by Gasteiger charge is 2.22. The summed E-state index contributed by atoms with van der Waals surface area (Å²) in [5.74, 6) is -0.530. The van der Waals surface area contributed by atoms with Gasteiger partial charge in [-0.05, 0) is 61.5 Å². The van der Waals surface area contributed by atoms with Gasteiger partial charge in [0.15, 0.2) is 5.88 Å². The Kier molecular flexibility index (Phi) is 9.44. The summed E-state index contributed by atoms with van der Waals surface area (Å²) in [6.07, 6.45) is 0. The number of hydrogen-bond donors (Lipinski definition) is 4. The Balaban J connectivity index is 1.56. The molecule has 238 valence electrons. The van der Waals surface area contributed by atoms with Crippen LogP contribution in [0.1, 0.15) is 25.0 Å². The van der Waals surface area contributed by atoms with Crippen LogP contribution in [0.3, 0.4) is 0 Å². The first-order valence-electron chi connectivity index (χ1n) is 14.4. The van der Waals surface area contributed by atoms with E-state index in [-0.39, 0.29) is 35.5 Å². The fourth-order valence-electron chi connectivity index (χ4n) is 4.90. The van der Waals surface area contributed by atoms with Crippen molar-refractivity contribution in [2.24, 2.45) is 4.99 Å². The molecule has 0 spiro atoms. The first-order valence-corrected chi connectivity index (χ1v) is 17.5. The second-order valence-corrected chi connectivity index (χ2v) is 14.2. The molecule has 0 bridgehead atoms. The number of nitrogens with one attached hydrogen (secondary N) is 3. The SMILES string of the molecule is CCS(=O)(=O)N(CCNC(C)=O)c1ccc(N=C(c2ccccc2)c2c(O)[nH]c3ccc(NS(=O)(=O)c4ccccc4)cc23)cc1. The van der Waals surface area contributed by atoms with Gasteiger partial charge in [-0.1, -0.05) is 48.5 Å². The minimum atomic E-state index is -3.86. The van der Waals surface area contributed by atoms with Crippen LogP contribution in [0.4, 0.5) is 17.1 Å². The molecule has 4 N–H and O–H groups in total. The predicted octanol–water partition coefficient (Wildman–Crippen LogP) is 5.14. The van der Waals surface area contributed by atoms with Gasteiger partial charge < -0.3 is 15.4 Å². The molecule has 0 atom stereocenters. The highest BCUT2D eigenvalue weighted by atomic mass is 32.2. The molecule has 5 rings (SSSR count). The summed E-state index contributed by atoms with van der Waals surface area (Å²) in [6, 6.07) is 28.7. The first-order chi connectivity index (χ1) is 22.0. The number of carbonyl (C=O) groups excluding carboxylic acids is 1. The topological polar surface area (TPSA) is 161 Å². The number of aromatic hydroxyl groups is 1. The molecule has 0 aliphatic heterocycles. The molecule has 5 aromatic rings. The third-order valence-electron chi connectivity index (χ3n) is 7.14. The summed E-state index contributed by atoms with van der Waals surface area (Å²) in [5.41, 5.74) is 3.20. The highest BCUT2D eigenvalue weighted by Crippen LogP contribution is 2.34. The van der Waals surface area contributed by atoms with Crippen LogP contribution in [0.25, 0.3) is 10.9 Å². The molecule has 0 fully saturated rings. The van der Waals surface area contributed by atoms with E-state index in [2.05, 4.69) is 15.0 Å². The molecule has 11 nitrogen and oxygen atoms in total. The summed E-state index contributed by atoms with van der Waals surface area (Å²) in [5, 5.41) is 14.3. The molecule has 0 aliphatic rings. The fraction of sp³-hybridized carbons (Fsp3) is 0.152. The number of sulfonamides is 2. The van der Waals surface area contributed by atoms with Crippen molar-refractivity contribution >= 4 is 59.6 Å². The Labute approximate surface area is 267 Å². The van der Waals surface area contributed by atoms with E-state index < -0.39 is 20.0 Å². The average molecular weight is 660 g/mol. The van der Waals surface area contributed by atoms with Gasteiger partial charge in [-0.25, -0.2) is 21.8 Å². The molecular formula is C33H33N5O6S2. The van der Waals surface area contributed by atoms with Crippen molar-refractivity contribution in [3.8, 4) is 5.88 Å². The third kappa shape index (κ3) is 7.22. The maximum Gasteiger partial charge on any atom is 0.261 e. The maximum absolute atomic E-state index is 13.0. The molecule has 1 aromatic heterocycles. The number of fused-ring (bicyclic) bond motifs is 1. The summed E-state index contributed by atoms with van der Waals surface area (Å²) in [6.45, 7) is 3.13. The zero-order chi connectivity index (χ0) is 32.9. The number of hydrogen-bond acceptors (Lipinski definition) is 7. The van der Waals surface area contributed by atoms with E-state index in [4.69, 9.17) is 4.99 Å². The normalized spacial score (nSPS) is 12.2. The maximum atomic E-state index is 13.0. The molecule has 1 amide bonds. The van der Waals surface area contributed by atoms with E-state index in [9.17, 15) is 26.7 Å². The molecule has 0 unspecified atom stereocenters. The zero-order valence-corrected chi connectivity index (χ0v) is 26.8. The Morgan fingerprint density at radius 3 is 2.17 bits per heavy atom. The van der Waals surface area contributed by atoms with Gasteiger partial charge in [0.1, 0.15) is 0 Å². The lowest BCUT2D eigenvalue weighted by Gasteiger charge is -2.24. The lowest BCUT2D eigenvalue weighted by atomic mass is 10.0. The minimum absolute atomic E-state index is 0.0627. The third-order valence-corrected chi connectivity index (χ3v) is 10.3. The highest BCUT2D eigenvalue weighted by molar-refractivity contribution is 7.93. The molecule has 4 aromatic carbocycles. The number of aliphatic imine (C=N–C) groups is 1. The lowest BCUT2D eigenvalue weighted by Crippen LogP contribution is -2.38. The van der Waals surface area contributed by atoms with Crippen LogP contribution < -0.4 is 14.3 Å². The van der Waals surface area contributed by atoms with Gasteiger partial charge in [-0.2, -0.15) is 0 Å². The number of nitrogens with zero attached hydrogens (tertiary/aromatic N) is 2. The molecule has 0 aliphatic carbocycles. The summed E-state index contributed by atoms with van der Waals surface area (Å²) >= 11 is 0. The average Bonchev–Trinajstić information content (AvgIpc) is 3.37. The van der Waals surface area contributed by atoms with Crippen LogP contribution in [-0.2, 0) is 24.8 Å². The smallest absolute Gasteiger partial charge is 0.261 e. The standard InChI is InChI=1S/C33H33N5O6S2/c1-3-45(41,42)38(21-20-34-23(2)39)27-17-14-25(15-18-27)35-32(24-10-6-4-7-11-24)31-29-22-26(16-19-30(29)36-33(31)40)37-46(43,44)28-12-8-5-9-13-28/h4-19,22,36-37,40H,3,20-21H2,1-2H3,(H,34,39). The molecular weight excluding hydrogens is 627 g/mol. The van der Waals surface area contributed by atoms with Crippen LogP contribution >= 0.6 is 0 Å². The van der Waals surface area contributed by atoms with Gasteiger partial charge >= 0.3 is 0 Å². The van der Waals surface area contributed by atoms with E-state index in [1.54, 1.807) is 67.6 Å². The Morgan fingerprint density at radius 1 is 0.891 bits per heavy atom. The van der Waals surface area contributed by atoms with Crippen molar-refractivity contribution in [1.29, 1.82) is 0 Å². The minimum Gasteiger partial charge on any atom is -0.494 e. The van der Waals surface area contributed by atoms with E-state index in [1.165, 1.54) is 23.4 Å². The van der Waals surface area contributed by atoms with E-state index >= 15 is 0 Å². The number of benzene rings is 4. The van der Waals surface area contributed by atoms with Gasteiger partial charge in [0.25, 0.3) is 10.0 Å². The largest absolute Gasteiger partial charge is 0.494 e. The lowest BCUT2D eigenvalue weighted by molar-refractivity contribution is -0.118. The number of aromatic nitrogens is 1. The molecule has 0 radical (unpaired) electrons. The van der Waals surface area contributed by atoms with Crippen molar-refractivity contribution in [3.05, 3.63) is 114 Å². The van der Waals surface area contributed by atoms with E-state index in [0.29, 0.717) is 44.8 Å². The first kappa shape index (κ1) is 32.3. The van der Waals surface area contributed by atoms with E-state index in [0.717, 1.165) is 0 Å². The van der Waals surface area contributed by atoms with Crippen LogP contribution in [0.15, 0.2) is 113 Å². The van der Waals surface area contributed by atoms with Gasteiger partial charge in [0, 0.05) is 35.6 Å². The zero-order valence-electron chi connectivity index (χ0n) is 25.1. The number of carbonyl (C=O) groups is 1. The summed E-state index contributed by atoms with van der Waals surface area (Å²) in [4.78, 5) is 19.3. The second-order valence-electron chi connectivity index (χ2n) is 10.3. The Bertz CT molecular complexity index is 2100. The quantitative estimate of drug-likeness (QED) is 0.136. The van der Waals surface area contributed by atoms with Crippen LogP contribution in [-0.4, -0.2) is 57.4 Å². The van der Waals surface area contributed by atoms with Gasteiger partial charge in [0.05, 0.1) is 39.8 Å². The number of anilines is 2. The number of amides is 1. The Hall–Kier alpha value is -5.14. The van der Waals surface area contributed by atoms with Crippen molar-refractivity contribution in [2.75, 3.05) is 27.9 Å². The van der Waals surface area contributed by atoms with Crippen LogP contribution in [0.2, 0.25) is 0 Å². The van der Waals surface area contributed by atoms with Crippen LogP contribution in [0.5, 0.6) is 5.88 Å². The molecule has 46 heavy (non-hydrogen) atoms. The Morgan fingerprint density at radius 2 is 1.54 bits per heavy atom. The van der Waals surface area contributed by atoms with Gasteiger partial charge in [-0.3, -0.25) is 13.8 Å². The monoisotopic (exact) mass is 659 g/mol. The second kappa shape index (κ2) is 13.5. The fourth-order valence-corrected chi connectivity index (χ4v) is 7.09. The number of aromatic amines is 1. The molecule has 1 heterocycles. The van der Waals surface area contributed by atoms with Gasteiger partial charge in [-0.15, -0.1) is 0 Å². The summed E-state index contributed by atoms with van der Waals surface area (Å²) < 4.78 is 55.6. The summed E-state index contributed by atoms with van der Waals surface area (Å²) in [7, 11) is -7.49. The number of rotatable bonds is 12. The predicted molar refractivity (Wildman–Crippen MR) is 181 cm³/mol. The molecule has 0 saturated heterocycles. The molecule has 0 saturated carbocycles. The van der Waals surface area contributed by atoms with Crippen molar-refractivity contribution < 1.29 is 26.7 Å². The number of H-pyrrole nitrogens is 1. The van der Waals surface area contributed by atoms with Crippen LogP contribution in [0, 0.1) is 0 Å². The van der Waals surface area contributed by atoms with Crippen molar-refractivity contribution in [3.63, 3.8) is 0 Å². The van der Waals surface area contributed by atoms with Gasteiger partial charge in [0.2, 0.25) is 15.9 Å². The molecule has 13 heteroatoms.